The highest BCUT2D eigenvalue weighted by Gasteiger charge is 2.34. The molecule has 1 saturated heterocycles. The molecule has 114 valence electrons. The third-order valence-electron chi connectivity index (χ3n) is 5.63. The number of hydrogen-bond acceptors (Lipinski definition) is 3. The van der Waals surface area contributed by atoms with E-state index in [9.17, 15) is 5.11 Å². The summed E-state index contributed by atoms with van der Waals surface area (Å²) < 4.78 is 5.45. The zero-order valence-corrected chi connectivity index (χ0v) is 12.6. The van der Waals surface area contributed by atoms with E-state index in [1.807, 2.05) is 0 Å². The van der Waals surface area contributed by atoms with Gasteiger partial charge >= 0.3 is 0 Å². The van der Waals surface area contributed by atoms with Crippen LogP contribution in [0.15, 0.2) is 11.1 Å². The highest BCUT2D eigenvalue weighted by Crippen LogP contribution is 2.36. The van der Waals surface area contributed by atoms with E-state index in [1.54, 1.807) is 11.1 Å². The van der Waals surface area contributed by atoms with Crippen molar-refractivity contribution < 1.29 is 9.84 Å². The zero-order chi connectivity index (χ0) is 13.8. The van der Waals surface area contributed by atoms with Gasteiger partial charge < -0.3 is 15.2 Å². The van der Waals surface area contributed by atoms with Crippen LogP contribution in [0.2, 0.25) is 0 Å². The Morgan fingerprint density at radius 2 is 1.85 bits per heavy atom. The molecule has 0 bridgehead atoms. The summed E-state index contributed by atoms with van der Waals surface area (Å²) in [6.07, 6.45) is 11.4. The molecule has 3 nitrogen and oxygen atoms in total. The SMILES string of the molecule is OCC1(CNC2CCCC2=C2CCCC2)CCOCC1. The number of hydrogen-bond donors (Lipinski definition) is 2. The lowest BCUT2D eigenvalue weighted by Gasteiger charge is -2.37. The summed E-state index contributed by atoms with van der Waals surface area (Å²) in [4.78, 5) is 0. The van der Waals surface area contributed by atoms with Gasteiger partial charge in [0.15, 0.2) is 0 Å². The first-order valence-electron chi connectivity index (χ1n) is 8.46. The van der Waals surface area contributed by atoms with Crippen LogP contribution in [0.1, 0.15) is 57.8 Å². The predicted molar refractivity (Wildman–Crippen MR) is 80.7 cm³/mol. The minimum atomic E-state index is 0.0618. The van der Waals surface area contributed by atoms with E-state index in [1.165, 1.54) is 44.9 Å². The van der Waals surface area contributed by atoms with E-state index in [-0.39, 0.29) is 5.41 Å². The fourth-order valence-electron chi connectivity index (χ4n) is 4.15. The van der Waals surface area contributed by atoms with E-state index < -0.39 is 0 Å². The molecule has 1 heterocycles. The molecule has 0 aromatic carbocycles. The number of aliphatic hydroxyl groups excluding tert-OH is 1. The lowest BCUT2D eigenvalue weighted by molar-refractivity contribution is -0.0160. The maximum absolute atomic E-state index is 9.79. The van der Waals surface area contributed by atoms with Gasteiger partial charge in [-0.2, -0.15) is 0 Å². The van der Waals surface area contributed by atoms with Gasteiger partial charge in [-0.05, 0) is 57.8 Å². The largest absolute Gasteiger partial charge is 0.396 e. The maximum atomic E-state index is 9.79. The summed E-state index contributed by atoms with van der Waals surface area (Å²) in [5.74, 6) is 0. The summed E-state index contributed by atoms with van der Waals surface area (Å²) in [6, 6.07) is 0.592. The molecule has 0 radical (unpaired) electrons. The van der Waals surface area contributed by atoms with Crippen LogP contribution in [0.3, 0.4) is 0 Å². The summed E-state index contributed by atoms with van der Waals surface area (Å²) in [7, 11) is 0. The van der Waals surface area contributed by atoms with Crippen LogP contribution in [0, 0.1) is 5.41 Å². The van der Waals surface area contributed by atoms with Crippen LogP contribution in [-0.2, 0) is 4.74 Å². The van der Waals surface area contributed by atoms with Gasteiger partial charge in [0.2, 0.25) is 0 Å². The van der Waals surface area contributed by atoms with E-state index in [4.69, 9.17) is 4.74 Å². The number of rotatable bonds is 4. The number of nitrogens with one attached hydrogen (secondary N) is 1. The van der Waals surface area contributed by atoms with Crippen molar-refractivity contribution in [1.29, 1.82) is 0 Å². The summed E-state index contributed by atoms with van der Waals surface area (Å²) in [6.45, 7) is 2.86. The van der Waals surface area contributed by atoms with Crippen molar-refractivity contribution in [3.05, 3.63) is 11.1 Å². The Morgan fingerprint density at radius 3 is 2.55 bits per heavy atom. The molecule has 2 N–H and O–H groups in total. The fourth-order valence-corrected chi connectivity index (χ4v) is 4.15. The summed E-state index contributed by atoms with van der Waals surface area (Å²) in [5, 5.41) is 13.6. The van der Waals surface area contributed by atoms with Crippen molar-refractivity contribution >= 4 is 0 Å². The van der Waals surface area contributed by atoms with Crippen molar-refractivity contribution in [2.45, 2.75) is 63.8 Å². The Kier molecular flexibility index (Phi) is 4.79. The molecule has 0 aromatic heterocycles. The Balaban J connectivity index is 1.60. The smallest absolute Gasteiger partial charge is 0.0501 e. The van der Waals surface area contributed by atoms with Crippen molar-refractivity contribution in [2.24, 2.45) is 5.41 Å². The van der Waals surface area contributed by atoms with E-state index >= 15 is 0 Å². The van der Waals surface area contributed by atoms with Gasteiger partial charge in [0.05, 0.1) is 6.61 Å². The Hall–Kier alpha value is -0.380. The molecule has 2 saturated carbocycles. The van der Waals surface area contributed by atoms with Gasteiger partial charge in [-0.25, -0.2) is 0 Å². The van der Waals surface area contributed by atoms with Crippen LogP contribution >= 0.6 is 0 Å². The quantitative estimate of drug-likeness (QED) is 0.778. The number of aliphatic hydroxyl groups is 1. The Bertz CT molecular complexity index is 350. The molecule has 2 aliphatic carbocycles. The lowest BCUT2D eigenvalue weighted by Crippen LogP contribution is -2.45. The molecular weight excluding hydrogens is 250 g/mol. The molecular formula is C17H29NO2. The van der Waals surface area contributed by atoms with Gasteiger partial charge in [0.1, 0.15) is 0 Å². The second-order valence-corrected chi connectivity index (χ2v) is 6.93. The molecule has 3 rings (SSSR count). The molecule has 3 heteroatoms. The minimum Gasteiger partial charge on any atom is -0.396 e. The second-order valence-electron chi connectivity index (χ2n) is 6.93. The molecule has 1 unspecified atom stereocenters. The van der Waals surface area contributed by atoms with Crippen LogP contribution in [0.25, 0.3) is 0 Å². The topological polar surface area (TPSA) is 41.5 Å². The third-order valence-corrected chi connectivity index (χ3v) is 5.63. The predicted octanol–water partition coefficient (Wildman–Crippen LogP) is 2.79. The van der Waals surface area contributed by atoms with Crippen molar-refractivity contribution in [1.82, 2.24) is 5.32 Å². The minimum absolute atomic E-state index is 0.0618. The molecule has 0 amide bonds. The maximum Gasteiger partial charge on any atom is 0.0501 e. The highest BCUT2D eigenvalue weighted by atomic mass is 16.5. The number of ether oxygens (including phenoxy) is 1. The van der Waals surface area contributed by atoms with Crippen molar-refractivity contribution in [2.75, 3.05) is 26.4 Å². The highest BCUT2D eigenvalue weighted by molar-refractivity contribution is 5.25. The van der Waals surface area contributed by atoms with Crippen LogP contribution in [0.4, 0.5) is 0 Å². The fraction of sp³-hybridized carbons (Fsp3) is 0.882. The molecule has 3 fully saturated rings. The van der Waals surface area contributed by atoms with E-state index in [2.05, 4.69) is 5.32 Å². The monoisotopic (exact) mass is 279 g/mol. The molecule has 0 spiro atoms. The van der Waals surface area contributed by atoms with Gasteiger partial charge in [-0.3, -0.25) is 0 Å². The molecule has 0 aromatic rings. The average molecular weight is 279 g/mol. The van der Waals surface area contributed by atoms with Crippen molar-refractivity contribution in [3.63, 3.8) is 0 Å². The van der Waals surface area contributed by atoms with Gasteiger partial charge in [0, 0.05) is 31.2 Å². The van der Waals surface area contributed by atoms with Crippen LogP contribution in [-0.4, -0.2) is 37.5 Å². The van der Waals surface area contributed by atoms with Gasteiger partial charge in [-0.15, -0.1) is 0 Å². The van der Waals surface area contributed by atoms with Crippen molar-refractivity contribution in [3.8, 4) is 0 Å². The first-order chi connectivity index (χ1) is 9.83. The summed E-state index contributed by atoms with van der Waals surface area (Å²) in [5.41, 5.74) is 3.54. The average Bonchev–Trinajstić information content (AvgIpc) is 3.16. The molecule has 1 atom stereocenters. The molecule has 3 aliphatic rings. The normalized spacial score (nSPS) is 30.1. The first kappa shape index (κ1) is 14.6. The van der Waals surface area contributed by atoms with Gasteiger partial charge in [-0.1, -0.05) is 11.1 Å². The number of allylic oxidation sites excluding steroid dienone is 1. The first-order valence-corrected chi connectivity index (χ1v) is 8.46. The molecule has 20 heavy (non-hydrogen) atoms. The standard InChI is InChI=1S/C17H29NO2/c19-13-17(8-10-20-11-9-17)12-18-16-7-3-6-15(16)14-4-1-2-5-14/h16,18-19H,1-13H2. The van der Waals surface area contributed by atoms with Crippen LogP contribution < -0.4 is 5.32 Å². The van der Waals surface area contributed by atoms with Gasteiger partial charge in [0.25, 0.3) is 0 Å². The van der Waals surface area contributed by atoms with E-state index in [0.717, 1.165) is 32.6 Å². The second kappa shape index (κ2) is 6.59. The summed E-state index contributed by atoms with van der Waals surface area (Å²) >= 11 is 0. The lowest BCUT2D eigenvalue weighted by atomic mass is 9.80. The Morgan fingerprint density at radius 1 is 1.10 bits per heavy atom. The zero-order valence-electron chi connectivity index (χ0n) is 12.6. The third kappa shape index (κ3) is 3.10. The molecule has 1 aliphatic heterocycles. The van der Waals surface area contributed by atoms with E-state index in [0.29, 0.717) is 12.6 Å². The Labute approximate surface area is 122 Å². The van der Waals surface area contributed by atoms with Crippen LogP contribution in [0.5, 0.6) is 0 Å².